The van der Waals surface area contributed by atoms with Gasteiger partial charge in [-0.3, -0.25) is 9.59 Å². The van der Waals surface area contributed by atoms with E-state index in [-0.39, 0.29) is 17.9 Å². The van der Waals surface area contributed by atoms with Crippen molar-refractivity contribution >= 4 is 28.2 Å². The Labute approximate surface area is 193 Å². The largest absolute Gasteiger partial charge is 0.507 e. The summed E-state index contributed by atoms with van der Waals surface area (Å²) in [7, 11) is 1.57. The molecule has 1 heterocycles. The summed E-state index contributed by atoms with van der Waals surface area (Å²) in [6.45, 7) is 0.559. The number of benzene rings is 3. The van der Waals surface area contributed by atoms with Crippen LogP contribution in [0.25, 0.3) is 16.5 Å². The number of ether oxygens (including phenoxy) is 1. The molecule has 33 heavy (non-hydrogen) atoms. The van der Waals surface area contributed by atoms with Crippen LogP contribution in [0.5, 0.6) is 0 Å². The van der Waals surface area contributed by atoms with E-state index < -0.39 is 17.7 Å². The average Bonchev–Trinajstić information content (AvgIpc) is 3.11. The Bertz CT molecular complexity index is 1270. The number of Topliss-reactive ketones (excluding diaryl/α,β-unsaturated/α-hetero) is 1. The van der Waals surface area contributed by atoms with Crippen molar-refractivity contribution in [2.24, 2.45) is 0 Å². The maximum atomic E-state index is 13.3. The molecule has 1 aliphatic heterocycles. The van der Waals surface area contributed by atoms with Gasteiger partial charge in [-0.2, -0.15) is 0 Å². The summed E-state index contributed by atoms with van der Waals surface area (Å²) in [5.41, 5.74) is 4.06. The second kappa shape index (κ2) is 8.83. The van der Waals surface area contributed by atoms with Gasteiger partial charge < -0.3 is 14.7 Å². The van der Waals surface area contributed by atoms with Gasteiger partial charge in [0, 0.05) is 19.2 Å². The van der Waals surface area contributed by atoms with E-state index in [2.05, 4.69) is 0 Å². The van der Waals surface area contributed by atoms with Crippen molar-refractivity contribution < 1.29 is 19.4 Å². The molecule has 1 unspecified atom stereocenters. The van der Waals surface area contributed by atoms with Crippen molar-refractivity contribution in [3.8, 4) is 0 Å². The third-order valence-corrected chi connectivity index (χ3v) is 6.82. The highest BCUT2D eigenvalue weighted by Gasteiger charge is 2.46. The van der Waals surface area contributed by atoms with Gasteiger partial charge in [0.2, 0.25) is 0 Å². The zero-order valence-electron chi connectivity index (χ0n) is 18.7. The van der Waals surface area contributed by atoms with E-state index in [0.717, 1.165) is 35.6 Å². The van der Waals surface area contributed by atoms with Gasteiger partial charge in [0.25, 0.3) is 11.7 Å². The number of likely N-dealkylation sites (tertiary alicyclic amines) is 1. The van der Waals surface area contributed by atoms with Gasteiger partial charge in [0.15, 0.2) is 0 Å². The molecule has 0 radical (unpaired) electrons. The maximum absolute atomic E-state index is 13.3. The summed E-state index contributed by atoms with van der Waals surface area (Å²) in [5.74, 6) is -1.37. The molecule has 3 aromatic rings. The predicted octanol–water partition coefficient (Wildman–Crippen LogP) is 4.79. The Kier molecular flexibility index (Phi) is 5.73. The summed E-state index contributed by atoms with van der Waals surface area (Å²) < 4.78 is 5.22. The quantitative estimate of drug-likeness (QED) is 0.351. The summed E-state index contributed by atoms with van der Waals surface area (Å²) in [6.07, 6.45) is 4.29. The van der Waals surface area contributed by atoms with Crippen molar-refractivity contribution in [2.45, 2.75) is 31.7 Å². The molecule has 1 fully saturated rings. The fraction of sp³-hybridized carbons (Fsp3) is 0.286. The predicted molar refractivity (Wildman–Crippen MR) is 128 cm³/mol. The molecular formula is C28H27NO4. The molecule has 0 spiro atoms. The van der Waals surface area contributed by atoms with E-state index in [1.165, 1.54) is 22.4 Å². The first kappa shape index (κ1) is 21.4. The molecule has 0 bridgehead atoms. The van der Waals surface area contributed by atoms with E-state index in [1.807, 2.05) is 60.7 Å². The smallest absolute Gasteiger partial charge is 0.295 e. The van der Waals surface area contributed by atoms with E-state index in [1.54, 1.807) is 7.11 Å². The van der Waals surface area contributed by atoms with Crippen molar-refractivity contribution in [1.82, 2.24) is 4.90 Å². The summed E-state index contributed by atoms with van der Waals surface area (Å²) >= 11 is 0. The van der Waals surface area contributed by atoms with Crippen LogP contribution in [0, 0.1) is 0 Å². The molecule has 168 valence electrons. The van der Waals surface area contributed by atoms with Gasteiger partial charge in [-0.25, -0.2) is 0 Å². The van der Waals surface area contributed by atoms with Gasteiger partial charge in [-0.15, -0.1) is 0 Å². The van der Waals surface area contributed by atoms with Crippen LogP contribution < -0.4 is 0 Å². The number of aliphatic hydroxyl groups is 1. The highest BCUT2D eigenvalue weighted by molar-refractivity contribution is 6.46. The van der Waals surface area contributed by atoms with Crippen LogP contribution in [-0.2, 0) is 27.2 Å². The normalized spacial score (nSPS) is 19.8. The number of amides is 1. The first-order chi connectivity index (χ1) is 16.1. The molecule has 1 N–H and O–H groups in total. The third-order valence-electron chi connectivity index (χ3n) is 6.82. The van der Waals surface area contributed by atoms with Crippen LogP contribution in [-0.4, -0.2) is 42.0 Å². The molecule has 0 saturated carbocycles. The lowest BCUT2D eigenvalue weighted by Crippen LogP contribution is -2.32. The first-order valence-electron chi connectivity index (χ1n) is 11.5. The van der Waals surface area contributed by atoms with Crippen molar-refractivity contribution in [1.29, 1.82) is 0 Å². The molecule has 5 heteroatoms. The number of methoxy groups -OCH3 is 1. The molecule has 1 saturated heterocycles. The van der Waals surface area contributed by atoms with Crippen molar-refractivity contribution in [2.75, 3.05) is 20.3 Å². The molecule has 1 amide bonds. The minimum Gasteiger partial charge on any atom is -0.507 e. The lowest BCUT2D eigenvalue weighted by molar-refractivity contribution is -0.140. The summed E-state index contributed by atoms with van der Waals surface area (Å²) in [4.78, 5) is 27.9. The van der Waals surface area contributed by atoms with Crippen LogP contribution in [0.3, 0.4) is 0 Å². The van der Waals surface area contributed by atoms with Crippen molar-refractivity contribution in [3.63, 3.8) is 0 Å². The SMILES string of the molecule is COCCN1C(=O)C(=O)/C(=C(\O)c2ccc3c(c2)CCCC3)C1c1cccc2ccccc12. The number of fused-ring (bicyclic) bond motifs is 2. The molecule has 1 aliphatic carbocycles. The van der Waals surface area contributed by atoms with E-state index in [4.69, 9.17) is 4.74 Å². The van der Waals surface area contributed by atoms with Crippen LogP contribution >= 0.6 is 0 Å². The molecule has 3 aromatic carbocycles. The second-order valence-electron chi connectivity index (χ2n) is 8.74. The third kappa shape index (κ3) is 3.72. The highest BCUT2D eigenvalue weighted by Crippen LogP contribution is 2.42. The zero-order valence-corrected chi connectivity index (χ0v) is 18.7. The summed E-state index contributed by atoms with van der Waals surface area (Å²) in [5, 5.41) is 13.4. The number of carbonyl (C=O) groups is 2. The Balaban J connectivity index is 1.70. The minimum atomic E-state index is -0.678. The number of hydrogen-bond acceptors (Lipinski definition) is 4. The average molecular weight is 442 g/mol. The Morgan fingerprint density at radius 3 is 2.58 bits per heavy atom. The van der Waals surface area contributed by atoms with Gasteiger partial charge in [-0.1, -0.05) is 54.6 Å². The van der Waals surface area contributed by atoms with Gasteiger partial charge in [-0.05, 0) is 59.2 Å². The number of ketones is 1. The van der Waals surface area contributed by atoms with Gasteiger partial charge >= 0.3 is 0 Å². The number of aliphatic hydroxyl groups excluding tert-OH is 1. The minimum absolute atomic E-state index is 0.112. The second-order valence-corrected chi connectivity index (χ2v) is 8.74. The molecule has 5 nitrogen and oxygen atoms in total. The van der Waals surface area contributed by atoms with Gasteiger partial charge in [0.1, 0.15) is 5.76 Å². The van der Waals surface area contributed by atoms with Crippen LogP contribution in [0.1, 0.15) is 41.1 Å². The van der Waals surface area contributed by atoms with Gasteiger partial charge in [0.05, 0.1) is 18.2 Å². The standard InChI is InChI=1S/C28H27NO4/c1-33-16-15-29-25(23-12-6-10-19-8-4-5-11-22(19)23)24(27(31)28(29)32)26(30)21-14-13-18-7-2-3-9-20(18)17-21/h4-6,8,10-14,17,25,30H,2-3,7,9,15-16H2,1H3/b26-24-. The number of carbonyl (C=O) groups excluding carboxylic acids is 2. The van der Waals surface area contributed by atoms with Crippen molar-refractivity contribution in [3.05, 3.63) is 88.5 Å². The lowest BCUT2D eigenvalue weighted by Gasteiger charge is -2.26. The molecule has 5 rings (SSSR count). The van der Waals surface area contributed by atoms with E-state index in [9.17, 15) is 14.7 Å². The lowest BCUT2D eigenvalue weighted by atomic mass is 9.88. The number of nitrogens with zero attached hydrogens (tertiary/aromatic N) is 1. The Hall–Kier alpha value is -3.44. The van der Waals surface area contributed by atoms with E-state index in [0.29, 0.717) is 12.2 Å². The monoisotopic (exact) mass is 441 g/mol. The number of hydrogen-bond donors (Lipinski definition) is 1. The highest BCUT2D eigenvalue weighted by atomic mass is 16.5. The number of rotatable bonds is 5. The molecule has 1 atom stereocenters. The first-order valence-corrected chi connectivity index (χ1v) is 11.5. The molecule has 0 aromatic heterocycles. The Morgan fingerprint density at radius 2 is 1.76 bits per heavy atom. The maximum Gasteiger partial charge on any atom is 0.295 e. The fourth-order valence-electron chi connectivity index (χ4n) is 5.15. The van der Waals surface area contributed by atoms with E-state index >= 15 is 0 Å². The van der Waals surface area contributed by atoms with Crippen LogP contribution in [0.2, 0.25) is 0 Å². The molecular weight excluding hydrogens is 414 g/mol. The zero-order chi connectivity index (χ0) is 22.9. The van der Waals surface area contributed by atoms with Crippen LogP contribution in [0.4, 0.5) is 0 Å². The fourth-order valence-corrected chi connectivity index (χ4v) is 5.15. The topological polar surface area (TPSA) is 66.8 Å². The van der Waals surface area contributed by atoms with Crippen LogP contribution in [0.15, 0.2) is 66.2 Å². The molecule has 2 aliphatic rings. The number of aryl methyl sites for hydroxylation is 2. The summed E-state index contributed by atoms with van der Waals surface area (Å²) in [6, 6.07) is 18.9. The Morgan fingerprint density at radius 1 is 1.00 bits per heavy atom.